The molecule has 0 bridgehead atoms. The molecule has 0 aromatic heterocycles. The van der Waals surface area contributed by atoms with E-state index in [1.807, 2.05) is 11.8 Å². The first-order valence-corrected chi connectivity index (χ1v) is 8.41. The quantitative estimate of drug-likeness (QED) is 0.911. The van der Waals surface area contributed by atoms with Crippen molar-refractivity contribution in [3.63, 3.8) is 0 Å². The van der Waals surface area contributed by atoms with E-state index in [0.717, 1.165) is 13.1 Å². The molecule has 106 valence electrons. The number of nitrogens with zero attached hydrogens (tertiary/aromatic N) is 1. The number of rotatable bonds is 4. The van der Waals surface area contributed by atoms with Crippen LogP contribution < -0.4 is 5.32 Å². The summed E-state index contributed by atoms with van der Waals surface area (Å²) in [5.41, 5.74) is 1.47. The van der Waals surface area contributed by atoms with Crippen LogP contribution in [0, 0.1) is 0 Å². The second-order valence-corrected chi connectivity index (χ2v) is 7.18. The zero-order valence-corrected chi connectivity index (χ0v) is 13.3. The minimum absolute atomic E-state index is 0.0753. The van der Waals surface area contributed by atoms with Crippen molar-refractivity contribution in [2.24, 2.45) is 0 Å². The van der Waals surface area contributed by atoms with Crippen LogP contribution in [0.5, 0.6) is 0 Å². The van der Waals surface area contributed by atoms with Crippen LogP contribution >= 0.6 is 11.8 Å². The van der Waals surface area contributed by atoms with Gasteiger partial charge in [-0.3, -0.25) is 4.90 Å². The minimum atomic E-state index is 0.0753. The molecule has 0 aliphatic carbocycles. The monoisotopic (exact) mass is 278 g/mol. The Morgan fingerprint density at radius 3 is 2.74 bits per heavy atom. The summed E-state index contributed by atoms with van der Waals surface area (Å²) in [5, 5.41) is 4.43. The maximum atomic E-state index is 3.73. The molecule has 2 rings (SSSR count). The van der Waals surface area contributed by atoms with Gasteiger partial charge in [0, 0.05) is 30.9 Å². The lowest BCUT2D eigenvalue weighted by Gasteiger charge is -2.46. The standard InChI is InChI=1S/C16H26N2S/c1-13-10-17-16(3,15-8-6-5-7-9-15)12-18(13)11-14(2)19-4/h5-9,13-14,17H,10-12H2,1-4H3. The van der Waals surface area contributed by atoms with Gasteiger partial charge in [0.25, 0.3) is 0 Å². The Bertz CT molecular complexity index is 395. The van der Waals surface area contributed by atoms with Crippen molar-refractivity contribution >= 4 is 11.8 Å². The Morgan fingerprint density at radius 2 is 2.11 bits per heavy atom. The molecular weight excluding hydrogens is 252 g/mol. The molecule has 1 aliphatic heterocycles. The van der Waals surface area contributed by atoms with Gasteiger partial charge in [0.2, 0.25) is 0 Å². The number of thioether (sulfide) groups is 1. The summed E-state index contributed by atoms with van der Waals surface area (Å²) in [6, 6.07) is 11.4. The number of hydrogen-bond acceptors (Lipinski definition) is 3. The van der Waals surface area contributed by atoms with Gasteiger partial charge in [0.15, 0.2) is 0 Å². The van der Waals surface area contributed by atoms with E-state index in [1.165, 1.54) is 12.1 Å². The van der Waals surface area contributed by atoms with Crippen LogP contribution in [0.1, 0.15) is 26.3 Å². The van der Waals surface area contributed by atoms with Crippen molar-refractivity contribution in [2.75, 3.05) is 25.9 Å². The second-order valence-electron chi connectivity index (χ2n) is 5.90. The molecule has 1 aliphatic rings. The number of hydrogen-bond donors (Lipinski definition) is 1. The van der Waals surface area contributed by atoms with Gasteiger partial charge < -0.3 is 5.32 Å². The zero-order chi connectivity index (χ0) is 13.9. The Hall–Kier alpha value is -0.510. The van der Waals surface area contributed by atoms with Crippen molar-refractivity contribution in [2.45, 2.75) is 37.6 Å². The summed E-state index contributed by atoms with van der Waals surface area (Å²) in [6.07, 6.45) is 2.20. The topological polar surface area (TPSA) is 15.3 Å². The number of benzene rings is 1. The predicted octanol–water partition coefficient (Wildman–Crippen LogP) is 2.95. The van der Waals surface area contributed by atoms with Gasteiger partial charge in [-0.15, -0.1) is 0 Å². The fourth-order valence-corrected chi connectivity index (χ4v) is 3.11. The average Bonchev–Trinajstić information content (AvgIpc) is 2.44. The number of nitrogens with one attached hydrogen (secondary N) is 1. The highest BCUT2D eigenvalue weighted by Crippen LogP contribution is 2.27. The molecule has 3 atom stereocenters. The van der Waals surface area contributed by atoms with Crippen LogP contribution in [0.25, 0.3) is 0 Å². The minimum Gasteiger partial charge on any atom is -0.305 e. The van der Waals surface area contributed by atoms with Gasteiger partial charge in [-0.05, 0) is 25.7 Å². The molecule has 1 heterocycles. The summed E-state index contributed by atoms with van der Waals surface area (Å²) < 4.78 is 0. The third-order valence-corrected chi connectivity index (χ3v) is 5.19. The maximum absolute atomic E-state index is 3.73. The van der Waals surface area contributed by atoms with Crippen molar-refractivity contribution in [3.05, 3.63) is 35.9 Å². The van der Waals surface area contributed by atoms with Crippen molar-refractivity contribution < 1.29 is 0 Å². The fourth-order valence-electron chi connectivity index (χ4n) is 2.77. The normalized spacial score (nSPS) is 30.2. The van der Waals surface area contributed by atoms with E-state index in [0.29, 0.717) is 11.3 Å². The smallest absolute Gasteiger partial charge is 0.0535 e. The summed E-state index contributed by atoms with van der Waals surface area (Å²) in [7, 11) is 0. The molecule has 0 amide bonds. The third-order valence-electron chi connectivity index (χ3n) is 4.24. The molecule has 1 aromatic carbocycles. The third kappa shape index (κ3) is 3.53. The first-order chi connectivity index (χ1) is 9.05. The van der Waals surface area contributed by atoms with Gasteiger partial charge >= 0.3 is 0 Å². The van der Waals surface area contributed by atoms with Crippen LogP contribution in [0.4, 0.5) is 0 Å². The van der Waals surface area contributed by atoms with Crippen LogP contribution in [-0.2, 0) is 5.54 Å². The molecule has 19 heavy (non-hydrogen) atoms. The van der Waals surface area contributed by atoms with Crippen molar-refractivity contribution in [1.82, 2.24) is 10.2 Å². The Labute approximate surface area is 122 Å². The van der Waals surface area contributed by atoms with Crippen LogP contribution in [-0.4, -0.2) is 42.1 Å². The lowest BCUT2D eigenvalue weighted by molar-refractivity contribution is 0.0962. The molecular formula is C16H26N2S. The Kier molecular flexibility index (Phi) is 4.93. The molecule has 1 aromatic rings. The molecule has 0 saturated carbocycles. The molecule has 0 radical (unpaired) electrons. The zero-order valence-electron chi connectivity index (χ0n) is 12.5. The highest BCUT2D eigenvalue weighted by molar-refractivity contribution is 7.99. The van der Waals surface area contributed by atoms with E-state index in [9.17, 15) is 0 Å². The lowest BCUT2D eigenvalue weighted by atomic mass is 9.88. The predicted molar refractivity (Wildman–Crippen MR) is 85.8 cm³/mol. The van der Waals surface area contributed by atoms with Gasteiger partial charge in [-0.2, -0.15) is 11.8 Å². The highest BCUT2D eigenvalue weighted by atomic mass is 32.2. The molecule has 1 N–H and O–H groups in total. The summed E-state index contributed by atoms with van der Waals surface area (Å²) >= 11 is 1.95. The number of piperazine rings is 1. The average molecular weight is 278 g/mol. The summed E-state index contributed by atoms with van der Waals surface area (Å²) in [5.74, 6) is 0. The largest absolute Gasteiger partial charge is 0.305 e. The summed E-state index contributed by atoms with van der Waals surface area (Å²) in [4.78, 5) is 2.63. The molecule has 3 heteroatoms. The van der Waals surface area contributed by atoms with Crippen molar-refractivity contribution in [3.8, 4) is 0 Å². The Morgan fingerprint density at radius 1 is 1.42 bits per heavy atom. The van der Waals surface area contributed by atoms with E-state index < -0.39 is 0 Å². The van der Waals surface area contributed by atoms with E-state index in [-0.39, 0.29) is 5.54 Å². The lowest BCUT2D eigenvalue weighted by Crippen LogP contribution is -2.61. The van der Waals surface area contributed by atoms with Crippen LogP contribution in [0.3, 0.4) is 0 Å². The molecule has 2 nitrogen and oxygen atoms in total. The highest BCUT2D eigenvalue weighted by Gasteiger charge is 2.35. The van der Waals surface area contributed by atoms with Crippen LogP contribution in [0.15, 0.2) is 30.3 Å². The molecule has 3 unspecified atom stereocenters. The van der Waals surface area contributed by atoms with Gasteiger partial charge in [0.05, 0.1) is 5.54 Å². The van der Waals surface area contributed by atoms with E-state index in [4.69, 9.17) is 0 Å². The van der Waals surface area contributed by atoms with E-state index in [2.05, 4.69) is 67.6 Å². The van der Waals surface area contributed by atoms with Gasteiger partial charge in [-0.1, -0.05) is 37.3 Å². The SMILES string of the molecule is CSC(C)CN1CC(C)(c2ccccc2)NCC1C. The van der Waals surface area contributed by atoms with Gasteiger partial charge in [-0.25, -0.2) is 0 Å². The second kappa shape index (κ2) is 6.29. The first-order valence-electron chi connectivity index (χ1n) is 7.12. The van der Waals surface area contributed by atoms with Gasteiger partial charge in [0.1, 0.15) is 0 Å². The molecule has 1 saturated heterocycles. The maximum Gasteiger partial charge on any atom is 0.0535 e. The Balaban J connectivity index is 2.12. The van der Waals surface area contributed by atoms with Crippen molar-refractivity contribution in [1.29, 1.82) is 0 Å². The van der Waals surface area contributed by atoms with E-state index in [1.54, 1.807) is 0 Å². The first kappa shape index (κ1) is 14.9. The van der Waals surface area contributed by atoms with Crippen LogP contribution in [0.2, 0.25) is 0 Å². The molecule has 0 spiro atoms. The fraction of sp³-hybridized carbons (Fsp3) is 0.625. The van der Waals surface area contributed by atoms with E-state index >= 15 is 0 Å². The summed E-state index contributed by atoms with van der Waals surface area (Å²) in [6.45, 7) is 10.3. The molecule has 1 fully saturated rings.